The van der Waals surface area contributed by atoms with Gasteiger partial charge in [0.05, 0.1) is 18.0 Å². The van der Waals surface area contributed by atoms with Gasteiger partial charge in [-0.15, -0.1) is 0 Å². The van der Waals surface area contributed by atoms with Crippen LogP contribution in [0.3, 0.4) is 0 Å². The lowest BCUT2D eigenvalue weighted by Gasteiger charge is -2.21. The zero-order valence-corrected chi connectivity index (χ0v) is 14.3. The van der Waals surface area contributed by atoms with Crippen LogP contribution >= 0.6 is 0 Å². The SMILES string of the molecule is CC(C)n1nc(C(=O)OCC2CCCCC2)c2ccccc2c1=O. The summed E-state index contributed by atoms with van der Waals surface area (Å²) >= 11 is 0. The molecule has 1 saturated carbocycles. The van der Waals surface area contributed by atoms with Gasteiger partial charge in [0.1, 0.15) is 0 Å². The van der Waals surface area contributed by atoms with Crippen LogP contribution in [0.4, 0.5) is 0 Å². The number of esters is 1. The monoisotopic (exact) mass is 328 g/mol. The quantitative estimate of drug-likeness (QED) is 0.803. The van der Waals surface area contributed by atoms with Crippen LogP contribution in [0, 0.1) is 5.92 Å². The molecule has 0 bridgehead atoms. The van der Waals surface area contributed by atoms with Crippen molar-refractivity contribution in [1.29, 1.82) is 0 Å². The molecule has 0 N–H and O–H groups in total. The largest absolute Gasteiger partial charge is 0.461 e. The molecule has 0 atom stereocenters. The average Bonchev–Trinajstić information content (AvgIpc) is 2.61. The Morgan fingerprint density at radius 3 is 2.54 bits per heavy atom. The number of ether oxygens (including phenoxy) is 1. The molecule has 0 saturated heterocycles. The Bertz CT molecular complexity index is 789. The molecule has 24 heavy (non-hydrogen) atoms. The molecular formula is C19H24N2O3. The average molecular weight is 328 g/mol. The Balaban J connectivity index is 1.91. The zero-order valence-electron chi connectivity index (χ0n) is 14.3. The Kier molecular flexibility index (Phi) is 4.97. The molecule has 0 spiro atoms. The van der Waals surface area contributed by atoms with Crippen molar-refractivity contribution < 1.29 is 9.53 Å². The molecule has 1 fully saturated rings. The van der Waals surface area contributed by atoms with E-state index in [-0.39, 0.29) is 17.3 Å². The standard InChI is InChI=1S/C19H24N2O3/c1-13(2)21-18(22)16-11-7-6-10-15(16)17(20-21)19(23)24-12-14-8-4-3-5-9-14/h6-7,10-11,13-14H,3-5,8-9,12H2,1-2H3. The smallest absolute Gasteiger partial charge is 0.359 e. The predicted molar refractivity (Wildman–Crippen MR) is 93.2 cm³/mol. The summed E-state index contributed by atoms with van der Waals surface area (Å²) < 4.78 is 6.89. The molecule has 128 valence electrons. The predicted octanol–water partition coefficient (Wildman–Crippen LogP) is 3.71. The second-order valence-corrected chi connectivity index (χ2v) is 6.84. The molecule has 5 heteroatoms. The fourth-order valence-electron chi connectivity index (χ4n) is 3.32. The summed E-state index contributed by atoms with van der Waals surface area (Å²) in [5.41, 5.74) is 0.0548. The minimum absolute atomic E-state index is 0.119. The van der Waals surface area contributed by atoms with E-state index in [9.17, 15) is 9.59 Å². The Hall–Kier alpha value is -2.17. The van der Waals surface area contributed by atoms with Crippen molar-refractivity contribution in [2.24, 2.45) is 5.92 Å². The zero-order chi connectivity index (χ0) is 17.1. The van der Waals surface area contributed by atoms with Crippen LogP contribution in [0.1, 0.15) is 62.5 Å². The first kappa shape index (κ1) is 16.7. The van der Waals surface area contributed by atoms with Crippen molar-refractivity contribution >= 4 is 16.7 Å². The van der Waals surface area contributed by atoms with Gasteiger partial charge >= 0.3 is 5.97 Å². The fraction of sp³-hybridized carbons (Fsp3) is 0.526. The maximum atomic E-state index is 12.6. The number of fused-ring (bicyclic) bond motifs is 1. The number of carbonyl (C=O) groups is 1. The maximum absolute atomic E-state index is 12.6. The number of benzene rings is 1. The molecule has 1 heterocycles. The molecule has 0 aliphatic heterocycles. The molecule has 1 aromatic carbocycles. The van der Waals surface area contributed by atoms with Crippen molar-refractivity contribution in [3.05, 3.63) is 40.3 Å². The van der Waals surface area contributed by atoms with Crippen LogP contribution in [-0.2, 0) is 4.74 Å². The lowest BCUT2D eigenvalue weighted by Crippen LogP contribution is -2.28. The van der Waals surface area contributed by atoms with Crippen molar-refractivity contribution in [2.45, 2.75) is 52.0 Å². The van der Waals surface area contributed by atoms with Crippen molar-refractivity contribution in [1.82, 2.24) is 9.78 Å². The second kappa shape index (κ2) is 7.16. The van der Waals surface area contributed by atoms with E-state index in [4.69, 9.17) is 4.74 Å². The second-order valence-electron chi connectivity index (χ2n) is 6.84. The van der Waals surface area contributed by atoms with E-state index in [1.54, 1.807) is 24.3 Å². The van der Waals surface area contributed by atoms with Gasteiger partial charge in [-0.25, -0.2) is 9.48 Å². The van der Waals surface area contributed by atoms with Crippen LogP contribution in [0.25, 0.3) is 10.8 Å². The third kappa shape index (κ3) is 3.35. The summed E-state index contributed by atoms with van der Waals surface area (Å²) in [4.78, 5) is 25.1. The molecule has 0 unspecified atom stereocenters. The van der Waals surface area contributed by atoms with Crippen molar-refractivity contribution in [3.63, 3.8) is 0 Å². The molecule has 1 aliphatic rings. The van der Waals surface area contributed by atoms with E-state index in [1.165, 1.54) is 23.9 Å². The molecule has 5 nitrogen and oxygen atoms in total. The van der Waals surface area contributed by atoms with Crippen molar-refractivity contribution in [2.75, 3.05) is 6.61 Å². The molecule has 2 aromatic rings. The van der Waals surface area contributed by atoms with Crippen LogP contribution in [0.2, 0.25) is 0 Å². The Morgan fingerprint density at radius 1 is 1.21 bits per heavy atom. The number of hydrogen-bond donors (Lipinski definition) is 0. The van der Waals surface area contributed by atoms with Gasteiger partial charge in [-0.1, -0.05) is 37.5 Å². The topological polar surface area (TPSA) is 61.2 Å². The number of hydrogen-bond acceptors (Lipinski definition) is 4. The van der Waals surface area contributed by atoms with Gasteiger partial charge in [0, 0.05) is 5.39 Å². The van der Waals surface area contributed by atoms with Gasteiger partial charge in [0.15, 0.2) is 5.69 Å². The maximum Gasteiger partial charge on any atom is 0.359 e. The molecule has 1 aliphatic carbocycles. The minimum atomic E-state index is -0.439. The molecule has 1 aromatic heterocycles. The van der Waals surface area contributed by atoms with E-state index in [0.29, 0.717) is 23.3 Å². The van der Waals surface area contributed by atoms with Crippen LogP contribution in [0.5, 0.6) is 0 Å². The number of rotatable bonds is 4. The first-order chi connectivity index (χ1) is 11.6. The van der Waals surface area contributed by atoms with Crippen LogP contribution < -0.4 is 5.56 Å². The molecule has 0 amide bonds. The highest BCUT2D eigenvalue weighted by Gasteiger charge is 2.21. The number of nitrogens with zero attached hydrogens (tertiary/aromatic N) is 2. The summed E-state index contributed by atoms with van der Waals surface area (Å²) in [7, 11) is 0. The Labute approximate surface area is 141 Å². The first-order valence-electron chi connectivity index (χ1n) is 8.76. The number of carbonyl (C=O) groups excluding carboxylic acids is 1. The summed E-state index contributed by atoms with van der Waals surface area (Å²) in [6.07, 6.45) is 5.93. The lowest BCUT2D eigenvalue weighted by molar-refractivity contribution is 0.0403. The van der Waals surface area contributed by atoms with E-state index in [0.717, 1.165) is 12.8 Å². The van der Waals surface area contributed by atoms with Crippen LogP contribution in [-0.4, -0.2) is 22.4 Å². The highest BCUT2D eigenvalue weighted by Crippen LogP contribution is 2.24. The molecule has 3 rings (SSSR count). The van der Waals surface area contributed by atoms with Gasteiger partial charge in [-0.3, -0.25) is 4.79 Å². The van der Waals surface area contributed by atoms with Gasteiger partial charge in [0.2, 0.25) is 0 Å². The minimum Gasteiger partial charge on any atom is -0.461 e. The van der Waals surface area contributed by atoms with E-state index in [2.05, 4.69) is 5.10 Å². The molecule has 0 radical (unpaired) electrons. The Morgan fingerprint density at radius 2 is 1.88 bits per heavy atom. The lowest BCUT2D eigenvalue weighted by atomic mass is 9.90. The van der Waals surface area contributed by atoms with Gasteiger partial charge < -0.3 is 4.74 Å². The van der Waals surface area contributed by atoms with Crippen molar-refractivity contribution in [3.8, 4) is 0 Å². The van der Waals surface area contributed by atoms with E-state index >= 15 is 0 Å². The van der Waals surface area contributed by atoms with Crippen LogP contribution in [0.15, 0.2) is 29.1 Å². The summed E-state index contributed by atoms with van der Waals surface area (Å²) in [5, 5.41) is 5.36. The third-order valence-corrected chi connectivity index (χ3v) is 4.69. The number of aromatic nitrogens is 2. The van der Waals surface area contributed by atoms with E-state index < -0.39 is 5.97 Å². The third-order valence-electron chi connectivity index (χ3n) is 4.69. The summed E-state index contributed by atoms with van der Waals surface area (Å²) in [5.74, 6) is 0.0103. The highest BCUT2D eigenvalue weighted by molar-refractivity contribution is 6.02. The fourth-order valence-corrected chi connectivity index (χ4v) is 3.32. The van der Waals surface area contributed by atoms with Gasteiger partial charge in [0.25, 0.3) is 5.56 Å². The summed E-state index contributed by atoms with van der Waals surface area (Å²) in [6.45, 7) is 4.19. The normalized spacial score (nSPS) is 15.8. The van der Waals surface area contributed by atoms with Gasteiger partial charge in [-0.05, 0) is 38.7 Å². The summed E-state index contributed by atoms with van der Waals surface area (Å²) in [6, 6.07) is 6.97. The first-order valence-corrected chi connectivity index (χ1v) is 8.76. The van der Waals surface area contributed by atoms with E-state index in [1.807, 2.05) is 13.8 Å². The highest BCUT2D eigenvalue weighted by atomic mass is 16.5. The van der Waals surface area contributed by atoms with Gasteiger partial charge in [-0.2, -0.15) is 5.10 Å². The molecular weight excluding hydrogens is 304 g/mol.